The number of hydrogen-bond donors (Lipinski definition) is 2. The van der Waals surface area contributed by atoms with Crippen LogP contribution in [-0.2, 0) is 12.8 Å². The van der Waals surface area contributed by atoms with Crippen molar-refractivity contribution in [3.63, 3.8) is 0 Å². The van der Waals surface area contributed by atoms with Crippen molar-refractivity contribution in [1.29, 1.82) is 0 Å². The van der Waals surface area contributed by atoms with Gasteiger partial charge in [-0.1, -0.05) is 44.2 Å². The highest BCUT2D eigenvalue weighted by atomic mass is 35.5. The van der Waals surface area contributed by atoms with E-state index in [9.17, 15) is 9.90 Å². The number of carbonyl (C=O) groups is 1. The first-order valence-corrected chi connectivity index (χ1v) is 8.48. The van der Waals surface area contributed by atoms with E-state index >= 15 is 0 Å². The van der Waals surface area contributed by atoms with Crippen LogP contribution in [0.15, 0.2) is 42.0 Å². The number of halogens is 1. The maximum Gasteiger partial charge on any atom is 0.275 e. The number of hydrogen-bond acceptors (Lipinski definition) is 3. The van der Waals surface area contributed by atoms with Crippen LogP contribution in [0, 0.1) is 0 Å². The molecule has 4 nitrogen and oxygen atoms in total. The zero-order chi connectivity index (χ0) is 18.4. The van der Waals surface area contributed by atoms with E-state index in [0.29, 0.717) is 5.02 Å². The van der Waals surface area contributed by atoms with Gasteiger partial charge in [-0.3, -0.25) is 4.79 Å². The van der Waals surface area contributed by atoms with Crippen LogP contribution in [0.5, 0.6) is 5.75 Å². The molecular formula is C20H21ClN2O2. The lowest BCUT2D eigenvalue weighted by molar-refractivity contribution is 0.0952. The molecule has 0 unspecified atom stereocenters. The summed E-state index contributed by atoms with van der Waals surface area (Å²) in [6, 6.07) is 8.53. The molecule has 2 rings (SSSR count). The first-order chi connectivity index (χ1) is 12.0. The molecule has 0 aliphatic rings. The summed E-state index contributed by atoms with van der Waals surface area (Å²) in [5, 5.41) is 14.7. The van der Waals surface area contributed by atoms with Gasteiger partial charge < -0.3 is 5.11 Å². The zero-order valence-electron chi connectivity index (χ0n) is 14.3. The molecular weight excluding hydrogens is 336 g/mol. The minimum Gasteiger partial charge on any atom is -0.507 e. The summed E-state index contributed by atoms with van der Waals surface area (Å²) in [5.41, 5.74) is 6.45. The molecule has 0 radical (unpaired) electrons. The second-order valence-corrected chi connectivity index (χ2v) is 5.96. The number of hydrazone groups is 1. The summed E-state index contributed by atoms with van der Waals surface area (Å²) in [4.78, 5) is 12.2. The molecule has 2 aromatic carbocycles. The van der Waals surface area contributed by atoms with Crippen molar-refractivity contribution in [1.82, 2.24) is 5.43 Å². The summed E-state index contributed by atoms with van der Waals surface area (Å²) < 4.78 is 0. The Morgan fingerprint density at radius 1 is 1.24 bits per heavy atom. The number of aromatic hydroxyl groups is 1. The monoisotopic (exact) mass is 356 g/mol. The maximum absolute atomic E-state index is 12.2. The molecule has 130 valence electrons. The smallest absolute Gasteiger partial charge is 0.275 e. The van der Waals surface area contributed by atoms with Gasteiger partial charge in [0.25, 0.3) is 5.91 Å². The average molecular weight is 357 g/mol. The Kier molecular flexibility index (Phi) is 6.37. The van der Waals surface area contributed by atoms with Crippen LogP contribution >= 0.6 is 11.6 Å². The fraction of sp³-hybridized carbons (Fsp3) is 0.200. The van der Waals surface area contributed by atoms with Gasteiger partial charge in [0.05, 0.1) is 11.8 Å². The zero-order valence-corrected chi connectivity index (χ0v) is 15.1. The molecule has 5 heteroatoms. The van der Waals surface area contributed by atoms with Gasteiger partial charge in [-0.2, -0.15) is 5.10 Å². The van der Waals surface area contributed by atoms with Crippen molar-refractivity contribution in [3.8, 4) is 5.75 Å². The SMILES string of the molecule is C=Cc1ccc(C(=O)NN=Cc2c(CC)cc(Cl)cc2CC)c(O)c1. The number of carbonyl (C=O) groups excluding carboxylic acids is 1. The van der Waals surface area contributed by atoms with Crippen LogP contribution in [-0.4, -0.2) is 17.2 Å². The van der Waals surface area contributed by atoms with E-state index < -0.39 is 5.91 Å². The quantitative estimate of drug-likeness (QED) is 0.588. The third-order valence-electron chi connectivity index (χ3n) is 3.94. The fourth-order valence-electron chi connectivity index (χ4n) is 2.57. The number of benzene rings is 2. The van der Waals surface area contributed by atoms with Crippen molar-refractivity contribution in [2.24, 2.45) is 5.10 Å². The summed E-state index contributed by atoms with van der Waals surface area (Å²) in [6.45, 7) is 7.71. The molecule has 0 bridgehead atoms. The van der Waals surface area contributed by atoms with E-state index in [-0.39, 0.29) is 11.3 Å². The van der Waals surface area contributed by atoms with Crippen LogP contribution in [0.4, 0.5) is 0 Å². The first kappa shape index (κ1) is 18.7. The molecule has 0 heterocycles. The molecule has 2 aromatic rings. The van der Waals surface area contributed by atoms with Gasteiger partial charge in [0.1, 0.15) is 5.75 Å². The lowest BCUT2D eigenvalue weighted by Crippen LogP contribution is -2.18. The Morgan fingerprint density at radius 2 is 1.88 bits per heavy atom. The molecule has 0 saturated carbocycles. The molecule has 0 aromatic heterocycles. The average Bonchev–Trinajstić information content (AvgIpc) is 2.61. The van der Waals surface area contributed by atoms with Gasteiger partial charge in [0, 0.05) is 10.6 Å². The van der Waals surface area contributed by atoms with E-state index in [4.69, 9.17) is 11.6 Å². The second-order valence-electron chi connectivity index (χ2n) is 5.52. The number of rotatable bonds is 6. The van der Waals surface area contributed by atoms with Gasteiger partial charge in [-0.15, -0.1) is 0 Å². The van der Waals surface area contributed by atoms with Crippen molar-refractivity contribution in [3.05, 3.63) is 69.8 Å². The van der Waals surface area contributed by atoms with Gasteiger partial charge in [-0.05, 0) is 53.8 Å². The molecule has 0 aliphatic heterocycles. The van der Waals surface area contributed by atoms with E-state index in [1.165, 1.54) is 12.1 Å². The molecule has 0 aliphatic carbocycles. The molecule has 0 fully saturated rings. The third kappa shape index (κ3) is 4.48. The second kappa shape index (κ2) is 8.49. The molecule has 25 heavy (non-hydrogen) atoms. The Hall–Kier alpha value is -2.59. The summed E-state index contributed by atoms with van der Waals surface area (Å²) >= 11 is 6.14. The molecule has 1 amide bonds. The van der Waals surface area contributed by atoms with E-state index in [2.05, 4.69) is 17.1 Å². The lowest BCUT2D eigenvalue weighted by Gasteiger charge is -2.10. The van der Waals surface area contributed by atoms with Crippen LogP contribution in [0.1, 0.15) is 46.5 Å². The summed E-state index contributed by atoms with van der Waals surface area (Å²) in [7, 11) is 0. The van der Waals surface area contributed by atoms with Crippen molar-refractivity contribution >= 4 is 29.8 Å². The van der Waals surface area contributed by atoms with Gasteiger partial charge >= 0.3 is 0 Å². The number of amides is 1. The third-order valence-corrected chi connectivity index (χ3v) is 4.16. The Balaban J connectivity index is 2.21. The topological polar surface area (TPSA) is 61.7 Å². The predicted molar refractivity (Wildman–Crippen MR) is 103 cm³/mol. The molecule has 0 atom stereocenters. The molecule has 0 spiro atoms. The predicted octanol–water partition coefficient (Wildman–Crippen LogP) is 4.58. The highest BCUT2D eigenvalue weighted by Crippen LogP contribution is 2.22. The first-order valence-electron chi connectivity index (χ1n) is 8.10. The van der Waals surface area contributed by atoms with E-state index in [1.54, 1.807) is 18.4 Å². The molecule has 2 N–H and O–H groups in total. The Labute approximate surface area is 152 Å². The highest BCUT2D eigenvalue weighted by Gasteiger charge is 2.11. The minimum atomic E-state index is -0.477. The van der Waals surface area contributed by atoms with E-state index in [0.717, 1.165) is 35.1 Å². The number of nitrogens with one attached hydrogen (secondary N) is 1. The number of aryl methyl sites for hydroxylation is 2. The standard InChI is InChI=1S/C20H21ClN2O2/c1-4-13-7-8-17(19(24)9-13)20(25)23-22-12-18-14(5-2)10-16(21)11-15(18)6-3/h4,7-12,24H,1,5-6H2,2-3H3,(H,23,25). The number of phenols is 1. The van der Waals surface area contributed by atoms with Crippen molar-refractivity contribution in [2.75, 3.05) is 0 Å². The number of nitrogens with zero attached hydrogens (tertiary/aromatic N) is 1. The minimum absolute atomic E-state index is 0.111. The van der Waals surface area contributed by atoms with Gasteiger partial charge in [0.2, 0.25) is 0 Å². The summed E-state index contributed by atoms with van der Waals surface area (Å²) in [6.07, 6.45) is 4.85. The van der Waals surface area contributed by atoms with E-state index in [1.807, 2.05) is 26.0 Å². The molecule has 0 saturated heterocycles. The fourth-order valence-corrected chi connectivity index (χ4v) is 2.83. The summed E-state index contributed by atoms with van der Waals surface area (Å²) in [5.74, 6) is -0.588. The van der Waals surface area contributed by atoms with Crippen LogP contribution in [0.2, 0.25) is 5.02 Å². The van der Waals surface area contributed by atoms with Gasteiger partial charge in [-0.25, -0.2) is 5.43 Å². The Bertz CT molecular complexity index is 803. The number of phenolic OH excluding ortho intramolecular Hbond substituents is 1. The maximum atomic E-state index is 12.2. The lowest BCUT2D eigenvalue weighted by atomic mass is 9.98. The van der Waals surface area contributed by atoms with Crippen LogP contribution < -0.4 is 5.43 Å². The van der Waals surface area contributed by atoms with Crippen molar-refractivity contribution < 1.29 is 9.90 Å². The highest BCUT2D eigenvalue weighted by molar-refractivity contribution is 6.30. The van der Waals surface area contributed by atoms with Crippen LogP contribution in [0.25, 0.3) is 6.08 Å². The largest absolute Gasteiger partial charge is 0.507 e. The van der Waals surface area contributed by atoms with Crippen LogP contribution in [0.3, 0.4) is 0 Å². The van der Waals surface area contributed by atoms with Gasteiger partial charge in [0.15, 0.2) is 0 Å². The van der Waals surface area contributed by atoms with Crippen molar-refractivity contribution in [2.45, 2.75) is 26.7 Å². The normalized spacial score (nSPS) is 10.8. The Morgan fingerprint density at radius 3 is 2.40 bits per heavy atom.